The predicted molar refractivity (Wildman–Crippen MR) is 71.3 cm³/mol. The highest BCUT2D eigenvalue weighted by molar-refractivity contribution is 7.98. The van der Waals surface area contributed by atoms with Crippen LogP contribution < -0.4 is 15.2 Å². The third-order valence-electron chi connectivity index (χ3n) is 2.63. The van der Waals surface area contributed by atoms with Crippen LogP contribution in [0, 0.1) is 0 Å². The SMILES string of the molecule is CSc1nc(N)nc(C2COc3ccccc3O2)n1. The number of para-hydroxylation sites is 2. The highest BCUT2D eigenvalue weighted by Crippen LogP contribution is 2.35. The molecule has 1 unspecified atom stereocenters. The third-order valence-corrected chi connectivity index (χ3v) is 3.18. The summed E-state index contributed by atoms with van der Waals surface area (Å²) in [4.78, 5) is 12.4. The normalized spacial score (nSPS) is 17.2. The van der Waals surface area contributed by atoms with Gasteiger partial charge in [-0.15, -0.1) is 0 Å². The maximum absolute atomic E-state index is 5.83. The van der Waals surface area contributed by atoms with Crippen molar-refractivity contribution in [2.45, 2.75) is 11.3 Å². The molecule has 7 heteroatoms. The summed E-state index contributed by atoms with van der Waals surface area (Å²) < 4.78 is 11.5. The Labute approximate surface area is 114 Å². The monoisotopic (exact) mass is 276 g/mol. The summed E-state index contributed by atoms with van der Waals surface area (Å²) in [7, 11) is 0. The first-order valence-electron chi connectivity index (χ1n) is 5.70. The molecule has 0 bridgehead atoms. The van der Waals surface area contributed by atoms with E-state index in [2.05, 4.69) is 15.0 Å². The lowest BCUT2D eigenvalue weighted by Crippen LogP contribution is -2.24. The van der Waals surface area contributed by atoms with Crippen LogP contribution in [0.15, 0.2) is 29.4 Å². The predicted octanol–water partition coefficient (Wildman–Crippen LogP) is 1.69. The van der Waals surface area contributed by atoms with Crippen LogP contribution in [0.25, 0.3) is 0 Å². The van der Waals surface area contributed by atoms with Gasteiger partial charge in [0.15, 0.2) is 28.6 Å². The van der Waals surface area contributed by atoms with Gasteiger partial charge in [0.25, 0.3) is 0 Å². The van der Waals surface area contributed by atoms with Crippen LogP contribution in [0.3, 0.4) is 0 Å². The average Bonchev–Trinajstić information content (AvgIpc) is 2.46. The molecule has 98 valence electrons. The molecular weight excluding hydrogens is 264 g/mol. The van der Waals surface area contributed by atoms with Gasteiger partial charge < -0.3 is 15.2 Å². The van der Waals surface area contributed by atoms with Crippen molar-refractivity contribution in [2.24, 2.45) is 0 Å². The van der Waals surface area contributed by atoms with Crippen molar-refractivity contribution >= 4 is 17.7 Å². The minimum Gasteiger partial charge on any atom is -0.485 e. The number of hydrogen-bond donors (Lipinski definition) is 1. The van der Waals surface area contributed by atoms with E-state index in [1.807, 2.05) is 30.5 Å². The molecular formula is C12H12N4O2S. The van der Waals surface area contributed by atoms with Gasteiger partial charge in [-0.1, -0.05) is 23.9 Å². The van der Waals surface area contributed by atoms with Crippen molar-refractivity contribution in [3.05, 3.63) is 30.1 Å². The van der Waals surface area contributed by atoms with Crippen LogP contribution in [-0.2, 0) is 0 Å². The fourth-order valence-electron chi connectivity index (χ4n) is 1.77. The number of benzene rings is 1. The number of anilines is 1. The number of nitrogens with zero attached hydrogens (tertiary/aromatic N) is 3. The summed E-state index contributed by atoms with van der Waals surface area (Å²) in [5.41, 5.74) is 5.66. The number of ether oxygens (including phenoxy) is 2. The third kappa shape index (κ3) is 2.41. The van der Waals surface area contributed by atoms with E-state index in [9.17, 15) is 0 Å². The highest BCUT2D eigenvalue weighted by Gasteiger charge is 2.25. The number of aromatic nitrogens is 3. The molecule has 19 heavy (non-hydrogen) atoms. The van der Waals surface area contributed by atoms with E-state index in [4.69, 9.17) is 15.2 Å². The Bertz CT molecular complexity index is 608. The van der Waals surface area contributed by atoms with Crippen LogP contribution in [0.4, 0.5) is 5.95 Å². The lowest BCUT2D eigenvalue weighted by Gasteiger charge is -2.25. The first kappa shape index (κ1) is 12.0. The van der Waals surface area contributed by atoms with Crippen molar-refractivity contribution in [2.75, 3.05) is 18.6 Å². The molecule has 0 saturated heterocycles. The summed E-state index contributed by atoms with van der Waals surface area (Å²) in [6.07, 6.45) is 1.51. The first-order chi connectivity index (χ1) is 9.26. The Morgan fingerprint density at radius 1 is 1.21 bits per heavy atom. The second-order valence-corrected chi connectivity index (χ2v) is 4.68. The second-order valence-electron chi connectivity index (χ2n) is 3.90. The first-order valence-corrected chi connectivity index (χ1v) is 6.92. The van der Waals surface area contributed by atoms with Gasteiger partial charge in [-0.2, -0.15) is 9.97 Å². The molecule has 6 nitrogen and oxygen atoms in total. The minimum atomic E-state index is -0.369. The molecule has 0 fully saturated rings. The zero-order valence-electron chi connectivity index (χ0n) is 10.2. The minimum absolute atomic E-state index is 0.191. The number of nitrogens with two attached hydrogens (primary N) is 1. The molecule has 1 aromatic heterocycles. The molecule has 1 atom stereocenters. The van der Waals surface area contributed by atoms with E-state index < -0.39 is 0 Å². The van der Waals surface area contributed by atoms with Crippen molar-refractivity contribution < 1.29 is 9.47 Å². The number of hydrogen-bond acceptors (Lipinski definition) is 7. The molecule has 0 spiro atoms. The summed E-state index contributed by atoms with van der Waals surface area (Å²) in [5.74, 6) is 2.09. The smallest absolute Gasteiger partial charge is 0.224 e. The van der Waals surface area contributed by atoms with Crippen LogP contribution in [-0.4, -0.2) is 27.8 Å². The summed E-state index contributed by atoms with van der Waals surface area (Å²) in [5, 5.41) is 0.574. The quantitative estimate of drug-likeness (QED) is 0.835. The van der Waals surface area contributed by atoms with Crippen molar-refractivity contribution in [1.29, 1.82) is 0 Å². The number of rotatable bonds is 2. The van der Waals surface area contributed by atoms with Gasteiger partial charge in [-0.05, 0) is 18.4 Å². The fraction of sp³-hybridized carbons (Fsp3) is 0.250. The van der Waals surface area contributed by atoms with E-state index in [1.165, 1.54) is 11.8 Å². The zero-order chi connectivity index (χ0) is 13.2. The second kappa shape index (κ2) is 4.93. The molecule has 1 aromatic carbocycles. The van der Waals surface area contributed by atoms with Crippen molar-refractivity contribution in [1.82, 2.24) is 15.0 Å². The van der Waals surface area contributed by atoms with Gasteiger partial charge in [-0.3, -0.25) is 0 Å². The number of nitrogen functional groups attached to an aromatic ring is 1. The van der Waals surface area contributed by atoms with Gasteiger partial charge in [-0.25, -0.2) is 4.98 Å². The zero-order valence-corrected chi connectivity index (χ0v) is 11.1. The lowest BCUT2D eigenvalue weighted by atomic mass is 10.2. The molecule has 1 aliphatic rings. The number of fused-ring (bicyclic) bond motifs is 1. The summed E-state index contributed by atoms with van der Waals surface area (Å²) in [6, 6.07) is 7.50. The fourth-order valence-corrected chi connectivity index (χ4v) is 2.14. The van der Waals surface area contributed by atoms with Gasteiger partial charge >= 0.3 is 0 Å². The summed E-state index contributed by atoms with van der Waals surface area (Å²) >= 11 is 1.41. The molecule has 0 radical (unpaired) electrons. The standard InChI is InChI=1S/C12H12N4O2S/c1-19-12-15-10(14-11(13)16-12)9-6-17-7-4-2-3-5-8(7)18-9/h2-5,9H,6H2,1H3,(H2,13,14,15,16). The lowest BCUT2D eigenvalue weighted by molar-refractivity contribution is 0.0844. The van der Waals surface area contributed by atoms with E-state index in [1.54, 1.807) is 0 Å². The molecule has 2 N–H and O–H groups in total. The average molecular weight is 276 g/mol. The molecule has 2 aromatic rings. The van der Waals surface area contributed by atoms with Gasteiger partial charge in [0.1, 0.15) is 6.61 Å². The van der Waals surface area contributed by atoms with E-state index in [-0.39, 0.29) is 12.1 Å². The number of thioether (sulfide) groups is 1. The molecule has 0 aliphatic carbocycles. The molecule has 2 heterocycles. The van der Waals surface area contributed by atoms with Crippen LogP contribution in [0.5, 0.6) is 11.5 Å². The molecule has 0 amide bonds. The topological polar surface area (TPSA) is 83.2 Å². The molecule has 1 aliphatic heterocycles. The van der Waals surface area contributed by atoms with E-state index >= 15 is 0 Å². The molecule has 0 saturated carbocycles. The van der Waals surface area contributed by atoms with Crippen LogP contribution >= 0.6 is 11.8 Å². The van der Waals surface area contributed by atoms with E-state index in [0.29, 0.717) is 23.3 Å². The maximum Gasteiger partial charge on any atom is 0.224 e. The van der Waals surface area contributed by atoms with Crippen LogP contribution in [0.2, 0.25) is 0 Å². The largest absolute Gasteiger partial charge is 0.485 e. The van der Waals surface area contributed by atoms with E-state index in [0.717, 1.165) is 5.75 Å². The van der Waals surface area contributed by atoms with Gasteiger partial charge in [0.2, 0.25) is 5.95 Å². The van der Waals surface area contributed by atoms with Gasteiger partial charge in [0.05, 0.1) is 0 Å². The van der Waals surface area contributed by atoms with Gasteiger partial charge in [0, 0.05) is 0 Å². The maximum atomic E-state index is 5.83. The molecule has 3 rings (SSSR count). The Kier molecular flexibility index (Phi) is 3.12. The Hall–Kier alpha value is -2.02. The van der Waals surface area contributed by atoms with Crippen molar-refractivity contribution in [3.8, 4) is 11.5 Å². The Balaban J connectivity index is 1.90. The van der Waals surface area contributed by atoms with Crippen LogP contribution in [0.1, 0.15) is 11.9 Å². The Morgan fingerprint density at radius 3 is 2.79 bits per heavy atom. The Morgan fingerprint density at radius 2 is 2.00 bits per heavy atom. The van der Waals surface area contributed by atoms with Crippen molar-refractivity contribution in [3.63, 3.8) is 0 Å². The summed E-state index contributed by atoms with van der Waals surface area (Å²) in [6.45, 7) is 0.355. The highest BCUT2D eigenvalue weighted by atomic mass is 32.2.